The van der Waals surface area contributed by atoms with Gasteiger partial charge in [-0.2, -0.15) is 0 Å². The first-order valence-corrected chi connectivity index (χ1v) is 9.63. The Morgan fingerprint density at radius 2 is 1.50 bits per heavy atom. The minimum Gasteiger partial charge on any atom is -0.478 e. The molecule has 2 aromatic carbocycles. The Labute approximate surface area is 182 Å². The van der Waals surface area contributed by atoms with Gasteiger partial charge in [0.05, 0.1) is 16.7 Å². The molecule has 0 amide bonds. The van der Waals surface area contributed by atoms with E-state index >= 15 is 0 Å². The normalized spacial score (nSPS) is 14.4. The predicted octanol–water partition coefficient (Wildman–Crippen LogP) is 3.84. The zero-order valence-corrected chi connectivity index (χ0v) is 17.2. The molecule has 32 heavy (non-hydrogen) atoms. The molecule has 0 unspecified atom stereocenters. The highest BCUT2D eigenvalue weighted by molar-refractivity contribution is 6.31. The molecule has 0 saturated heterocycles. The molecular formula is C24H18N2O6. The lowest BCUT2D eigenvalue weighted by molar-refractivity contribution is -0.136. The largest absolute Gasteiger partial charge is 0.478 e. The molecule has 8 heteroatoms. The molecule has 1 aliphatic heterocycles. The number of carboxylic acid groups (broad SMARTS) is 2. The Kier molecular flexibility index (Phi) is 5.19. The number of hydrogen-bond acceptors (Lipinski definition) is 5. The lowest BCUT2D eigenvalue weighted by Gasteiger charge is -2.07. The highest BCUT2D eigenvalue weighted by atomic mass is 16.7. The lowest BCUT2D eigenvalue weighted by Crippen LogP contribution is -2.08. The maximum atomic E-state index is 12.4. The van der Waals surface area contributed by atoms with Crippen LogP contribution in [-0.2, 0) is 9.63 Å². The molecule has 1 aliphatic rings. The van der Waals surface area contributed by atoms with Crippen LogP contribution in [-0.4, -0.2) is 38.4 Å². The first kappa shape index (κ1) is 20.8. The van der Waals surface area contributed by atoms with Crippen molar-refractivity contribution in [1.29, 1.82) is 0 Å². The second kappa shape index (κ2) is 7.99. The fraction of sp³-hybridized carbons (Fsp3) is 0.0833. The van der Waals surface area contributed by atoms with E-state index in [0.717, 1.165) is 22.5 Å². The summed E-state index contributed by atoms with van der Waals surface area (Å²) in [6, 6.07) is 12.5. The Morgan fingerprint density at radius 1 is 0.938 bits per heavy atom. The third kappa shape index (κ3) is 3.69. The number of aromatic nitrogens is 1. The molecule has 0 radical (unpaired) electrons. The van der Waals surface area contributed by atoms with Gasteiger partial charge in [0, 0.05) is 23.1 Å². The van der Waals surface area contributed by atoms with Crippen molar-refractivity contribution in [2.45, 2.75) is 13.8 Å². The van der Waals surface area contributed by atoms with Gasteiger partial charge in [0.2, 0.25) is 0 Å². The molecule has 4 rings (SSSR count). The molecule has 2 heterocycles. The highest BCUT2D eigenvalue weighted by Gasteiger charge is 2.28. The molecular weight excluding hydrogens is 412 g/mol. The fourth-order valence-corrected chi connectivity index (χ4v) is 3.56. The van der Waals surface area contributed by atoms with Crippen LogP contribution in [0.1, 0.15) is 43.1 Å². The van der Waals surface area contributed by atoms with E-state index in [1.54, 1.807) is 30.3 Å². The lowest BCUT2D eigenvalue weighted by atomic mass is 9.99. The van der Waals surface area contributed by atoms with E-state index in [0.29, 0.717) is 11.3 Å². The number of nitrogens with zero attached hydrogens (tertiary/aromatic N) is 2. The number of rotatable bonds is 5. The molecule has 0 saturated carbocycles. The number of carboxylic acids is 2. The summed E-state index contributed by atoms with van der Waals surface area (Å²) in [6.45, 7) is 3.80. The maximum absolute atomic E-state index is 12.4. The van der Waals surface area contributed by atoms with Gasteiger partial charge in [0.1, 0.15) is 5.71 Å². The van der Waals surface area contributed by atoms with Crippen molar-refractivity contribution < 1.29 is 29.4 Å². The molecule has 160 valence electrons. The summed E-state index contributed by atoms with van der Waals surface area (Å²) in [6.07, 6.45) is 3.60. The van der Waals surface area contributed by atoms with Gasteiger partial charge in [-0.25, -0.2) is 14.4 Å². The molecule has 0 spiro atoms. The van der Waals surface area contributed by atoms with Crippen LogP contribution in [0, 0.1) is 13.8 Å². The van der Waals surface area contributed by atoms with E-state index < -0.39 is 17.9 Å². The Balaban J connectivity index is 1.72. The van der Waals surface area contributed by atoms with Crippen molar-refractivity contribution >= 4 is 29.7 Å². The van der Waals surface area contributed by atoms with Crippen LogP contribution in [0.15, 0.2) is 65.5 Å². The minimum atomic E-state index is -1.04. The molecule has 8 nitrogen and oxygen atoms in total. The molecule has 1 aromatic heterocycles. The van der Waals surface area contributed by atoms with Crippen molar-refractivity contribution in [3.63, 3.8) is 0 Å². The van der Waals surface area contributed by atoms with E-state index in [1.807, 2.05) is 24.6 Å². The standard InChI is InChI=1S/C24H18N2O6/c1-13-12-26(18-9-7-17(8-10-18)23(29)30)14(2)19(13)11-20-21(25-32-24(20)31)15-3-5-16(6-4-15)22(27)28/h3-12H,1-2H3,(H,27,28)(H,29,30). The topological polar surface area (TPSA) is 118 Å². The third-order valence-corrected chi connectivity index (χ3v) is 5.28. The quantitative estimate of drug-likeness (QED) is 0.469. The van der Waals surface area contributed by atoms with E-state index in [9.17, 15) is 14.4 Å². The molecule has 3 aromatic rings. The molecule has 0 bridgehead atoms. The van der Waals surface area contributed by atoms with Gasteiger partial charge in [-0.3, -0.25) is 0 Å². The summed E-state index contributed by atoms with van der Waals surface area (Å²) in [7, 11) is 0. The first-order chi connectivity index (χ1) is 15.3. The molecule has 2 N–H and O–H groups in total. The predicted molar refractivity (Wildman–Crippen MR) is 116 cm³/mol. The zero-order valence-electron chi connectivity index (χ0n) is 17.2. The van der Waals surface area contributed by atoms with Crippen LogP contribution < -0.4 is 0 Å². The fourth-order valence-electron chi connectivity index (χ4n) is 3.56. The Bertz CT molecular complexity index is 1310. The smallest absolute Gasteiger partial charge is 0.368 e. The van der Waals surface area contributed by atoms with Crippen LogP contribution in [0.2, 0.25) is 0 Å². The third-order valence-electron chi connectivity index (χ3n) is 5.28. The van der Waals surface area contributed by atoms with Gasteiger partial charge >= 0.3 is 17.9 Å². The van der Waals surface area contributed by atoms with Crippen LogP contribution in [0.3, 0.4) is 0 Å². The minimum absolute atomic E-state index is 0.128. The van der Waals surface area contributed by atoms with Gasteiger partial charge in [-0.1, -0.05) is 17.3 Å². The zero-order chi connectivity index (χ0) is 23.0. The number of carbonyl (C=O) groups is 3. The monoisotopic (exact) mass is 430 g/mol. The van der Waals surface area contributed by atoms with Crippen LogP contribution in [0.25, 0.3) is 11.8 Å². The van der Waals surface area contributed by atoms with E-state index in [2.05, 4.69) is 5.16 Å². The second-order valence-corrected chi connectivity index (χ2v) is 7.29. The maximum Gasteiger partial charge on any atom is 0.368 e. The van der Waals surface area contributed by atoms with Crippen LogP contribution >= 0.6 is 0 Å². The summed E-state index contributed by atoms with van der Waals surface area (Å²) < 4.78 is 1.91. The summed E-state index contributed by atoms with van der Waals surface area (Å²) >= 11 is 0. The molecule has 0 atom stereocenters. The van der Waals surface area contributed by atoms with Crippen molar-refractivity contribution in [2.24, 2.45) is 5.16 Å². The van der Waals surface area contributed by atoms with Gasteiger partial charge < -0.3 is 19.6 Å². The molecule has 0 aliphatic carbocycles. The van der Waals surface area contributed by atoms with Crippen molar-refractivity contribution in [2.75, 3.05) is 0 Å². The van der Waals surface area contributed by atoms with Gasteiger partial charge in [0.25, 0.3) is 0 Å². The number of aryl methyl sites for hydroxylation is 1. The SMILES string of the molecule is Cc1cn(-c2ccc(C(=O)O)cc2)c(C)c1C=C1C(=O)ON=C1c1ccc(C(=O)O)cc1. The van der Waals surface area contributed by atoms with Crippen molar-refractivity contribution in [3.8, 4) is 5.69 Å². The first-order valence-electron chi connectivity index (χ1n) is 9.63. The summed E-state index contributed by atoms with van der Waals surface area (Å²) in [5.74, 6) is -2.64. The van der Waals surface area contributed by atoms with Gasteiger partial charge in [-0.05, 0) is 67.4 Å². The van der Waals surface area contributed by atoms with Gasteiger partial charge in [0.15, 0.2) is 0 Å². The van der Waals surface area contributed by atoms with Crippen LogP contribution in [0.5, 0.6) is 0 Å². The van der Waals surface area contributed by atoms with Crippen molar-refractivity contribution in [1.82, 2.24) is 4.57 Å². The number of aromatic carboxylic acids is 2. The van der Waals surface area contributed by atoms with Crippen molar-refractivity contribution in [3.05, 3.63) is 93.8 Å². The van der Waals surface area contributed by atoms with E-state index in [4.69, 9.17) is 15.1 Å². The summed E-state index contributed by atoms with van der Waals surface area (Å²) in [4.78, 5) is 39.5. The number of hydrogen-bond donors (Lipinski definition) is 2. The number of benzene rings is 2. The van der Waals surface area contributed by atoms with Crippen LogP contribution in [0.4, 0.5) is 0 Å². The summed E-state index contributed by atoms with van der Waals surface area (Å²) in [5.41, 5.74) is 4.80. The average Bonchev–Trinajstić information content (AvgIpc) is 3.28. The van der Waals surface area contributed by atoms with E-state index in [1.165, 1.54) is 24.3 Å². The average molecular weight is 430 g/mol. The number of oxime groups is 1. The second-order valence-electron chi connectivity index (χ2n) is 7.29. The Hall–Kier alpha value is -4.46. The molecule has 0 fully saturated rings. The summed E-state index contributed by atoms with van der Waals surface area (Å²) in [5, 5.41) is 22.1. The highest BCUT2D eigenvalue weighted by Crippen LogP contribution is 2.27. The number of carbonyl (C=O) groups excluding carboxylic acids is 1. The van der Waals surface area contributed by atoms with E-state index in [-0.39, 0.29) is 16.7 Å². The Morgan fingerprint density at radius 3 is 2.06 bits per heavy atom. The van der Waals surface area contributed by atoms with Gasteiger partial charge in [-0.15, -0.1) is 0 Å².